The van der Waals surface area contributed by atoms with Gasteiger partial charge in [0.2, 0.25) is 41.4 Å². The van der Waals surface area contributed by atoms with Crippen LogP contribution in [0.5, 0.6) is 0 Å². The quantitative estimate of drug-likeness (QED) is 0.0307. The fraction of sp³-hybridized carbons (Fsp3) is 0.552. The lowest BCUT2D eigenvalue weighted by Gasteiger charge is -2.49. The van der Waals surface area contributed by atoms with Gasteiger partial charge in [-0.1, -0.05) is 91.0 Å². The molecule has 3 aromatic carbocycles. The molecule has 3 aliphatic rings. The van der Waals surface area contributed by atoms with E-state index in [1.54, 1.807) is 0 Å². The van der Waals surface area contributed by atoms with E-state index in [1.807, 2.05) is 91.0 Å². The average molecular weight is 1210 g/mol. The van der Waals surface area contributed by atoms with Crippen molar-refractivity contribution in [2.75, 3.05) is 19.8 Å². The van der Waals surface area contributed by atoms with Crippen molar-refractivity contribution < 1.29 is 103 Å². The lowest BCUT2D eigenvalue weighted by atomic mass is 9.77. The van der Waals surface area contributed by atoms with Gasteiger partial charge in [-0.15, -0.1) is 0 Å². The molecule has 28 nitrogen and oxygen atoms in total. The molecule has 3 fully saturated rings. The van der Waals surface area contributed by atoms with Crippen LogP contribution in [0.15, 0.2) is 91.0 Å². The van der Waals surface area contributed by atoms with Gasteiger partial charge in [-0.25, -0.2) is 4.79 Å². The third kappa shape index (κ3) is 17.8. The summed E-state index contributed by atoms with van der Waals surface area (Å²) in [5.74, 6) is -6.94. The maximum absolute atomic E-state index is 14.6. The number of ether oxygens (including phenoxy) is 6. The van der Waals surface area contributed by atoms with Gasteiger partial charge in [0.05, 0.1) is 32.3 Å². The molecule has 17 atom stereocenters. The first-order chi connectivity index (χ1) is 40.6. The molecule has 6 rings (SSSR count). The Labute approximate surface area is 496 Å². The molecule has 3 saturated heterocycles. The van der Waals surface area contributed by atoms with Crippen LogP contribution in [0.4, 0.5) is 0 Å². The van der Waals surface area contributed by atoms with Crippen molar-refractivity contribution in [2.24, 2.45) is 0 Å². The molecule has 14 N–H and O–H groups in total. The van der Waals surface area contributed by atoms with Crippen LogP contribution in [0.3, 0.4) is 0 Å². The van der Waals surface area contributed by atoms with E-state index in [4.69, 9.17) is 28.4 Å². The van der Waals surface area contributed by atoms with E-state index in [2.05, 4.69) is 37.2 Å². The molecule has 86 heavy (non-hydrogen) atoms. The molecule has 7 amide bonds. The Morgan fingerprint density at radius 1 is 0.581 bits per heavy atom. The first-order valence-electron chi connectivity index (χ1n) is 27.9. The standard InChI is InChI=1S/C58H79N7O21/c1-29-45(73)49(77)50(78)56(82-29)81-28-39-51(85-55-44(61-32(4)69)47(75)46(74)38(27-66)84-55)48(76)43(60-31(3)68)53(83-39)64-41(71)25-37(54(80)86-57(5,6)7)63-52(79)36(62-42(72)26-59-30(2)67)23-24-40(70)65-58(33-17-11-8-12-18-33,34-19-13-9-14-20-34)35-21-15-10-16-22-35/h8-22,29,36-39,43-51,53,55-56,66,73-78H,23-28H2,1-7H3,(H,59,67)(H,60,68)(H,61,69)(H,62,72)(H,63,79)(H,64,71)(H,65,70)/t29-,36-,37-,38+,39+,43+,44+,45+,46+,47+,48+,49+,50-,51+,53+,55-,56+/m0/s1. The highest BCUT2D eigenvalue weighted by atomic mass is 16.7. The van der Waals surface area contributed by atoms with Crippen LogP contribution in [0, 0.1) is 0 Å². The number of amides is 7. The van der Waals surface area contributed by atoms with Crippen LogP contribution in [0.2, 0.25) is 0 Å². The predicted octanol–water partition coefficient (Wildman–Crippen LogP) is -3.41. The van der Waals surface area contributed by atoms with Crippen LogP contribution >= 0.6 is 0 Å². The highest BCUT2D eigenvalue weighted by molar-refractivity contribution is 5.94. The largest absolute Gasteiger partial charge is 0.458 e. The number of hydrogen-bond acceptors (Lipinski definition) is 21. The Hall–Kier alpha value is -7.06. The summed E-state index contributed by atoms with van der Waals surface area (Å²) in [6.07, 6.45) is -24.0. The van der Waals surface area contributed by atoms with Gasteiger partial charge in [-0.2, -0.15) is 0 Å². The molecule has 3 aliphatic heterocycles. The Bertz CT molecular complexity index is 2680. The zero-order chi connectivity index (χ0) is 63.2. The number of carbonyl (C=O) groups is 8. The summed E-state index contributed by atoms with van der Waals surface area (Å²) in [6, 6.07) is 20.6. The number of aliphatic hydroxyl groups is 7. The fourth-order valence-corrected chi connectivity index (χ4v) is 10.1. The SMILES string of the molecule is CC(=O)NCC(=O)N[C@@H](CCC(=O)NC(c1ccccc1)(c1ccccc1)c1ccccc1)C(=O)N[C@@H](CC(=O)N[C@@H]1O[C@H](CO[C@@H]2O[C@@H](C)[C@@H](O)[C@@H](O)[C@@H]2O)[C@@H](O[C@@H]2O[C@H](CO)[C@@H](O)[C@H](O)[C@H]2NC(C)=O)[C@H](O)[C@H]1NC(C)=O)C(=O)OC(C)(C)C. The van der Waals surface area contributed by atoms with Crippen LogP contribution in [-0.4, -0.2) is 212 Å². The van der Waals surface area contributed by atoms with Crippen molar-refractivity contribution in [3.05, 3.63) is 108 Å². The van der Waals surface area contributed by atoms with Gasteiger partial charge in [-0.05, 0) is 50.8 Å². The second-order valence-electron chi connectivity index (χ2n) is 22.2. The van der Waals surface area contributed by atoms with Crippen LogP contribution in [0.1, 0.15) is 84.4 Å². The van der Waals surface area contributed by atoms with Crippen molar-refractivity contribution in [2.45, 2.75) is 183 Å². The number of rotatable bonds is 24. The van der Waals surface area contributed by atoms with E-state index in [0.717, 1.165) is 20.8 Å². The zero-order valence-electron chi connectivity index (χ0n) is 48.6. The minimum atomic E-state index is -2.01. The Morgan fingerprint density at radius 3 is 1.66 bits per heavy atom. The molecule has 3 heterocycles. The van der Waals surface area contributed by atoms with E-state index >= 15 is 0 Å². The van der Waals surface area contributed by atoms with Crippen molar-refractivity contribution in [1.82, 2.24) is 37.2 Å². The number of benzene rings is 3. The van der Waals surface area contributed by atoms with E-state index < -0.39 is 201 Å². The van der Waals surface area contributed by atoms with E-state index in [9.17, 15) is 74.1 Å². The van der Waals surface area contributed by atoms with Crippen molar-refractivity contribution in [3.63, 3.8) is 0 Å². The number of carbonyl (C=O) groups excluding carboxylic acids is 8. The van der Waals surface area contributed by atoms with Gasteiger partial charge in [0.1, 0.15) is 90.2 Å². The third-order valence-corrected chi connectivity index (χ3v) is 14.3. The zero-order valence-corrected chi connectivity index (χ0v) is 48.6. The number of esters is 1. The summed E-state index contributed by atoms with van der Waals surface area (Å²) in [7, 11) is 0. The molecule has 28 heteroatoms. The topological polar surface area (TPSA) is 418 Å². The van der Waals surface area contributed by atoms with E-state index in [-0.39, 0.29) is 0 Å². The lowest BCUT2D eigenvalue weighted by molar-refractivity contribution is -0.329. The minimum Gasteiger partial charge on any atom is -0.458 e. The first-order valence-corrected chi connectivity index (χ1v) is 27.9. The van der Waals surface area contributed by atoms with Crippen LogP contribution in [-0.2, 0) is 72.3 Å². The number of hydrogen-bond donors (Lipinski definition) is 14. The maximum Gasteiger partial charge on any atom is 0.329 e. The second kappa shape index (κ2) is 30.5. The lowest BCUT2D eigenvalue weighted by Crippen LogP contribution is -2.71. The summed E-state index contributed by atoms with van der Waals surface area (Å²) in [4.78, 5) is 108. The summed E-state index contributed by atoms with van der Waals surface area (Å²) < 4.78 is 35.3. The van der Waals surface area contributed by atoms with Gasteiger partial charge in [0.15, 0.2) is 18.8 Å². The highest BCUT2D eigenvalue weighted by Gasteiger charge is 2.53. The van der Waals surface area contributed by atoms with Crippen molar-refractivity contribution >= 4 is 47.3 Å². The molecule has 0 aromatic heterocycles. The predicted molar refractivity (Wildman–Crippen MR) is 299 cm³/mol. The van der Waals surface area contributed by atoms with Gasteiger partial charge >= 0.3 is 5.97 Å². The smallest absolute Gasteiger partial charge is 0.329 e. The Balaban J connectivity index is 1.29. The molecular weight excluding hydrogens is 1130 g/mol. The molecular formula is C58H79N7O21. The molecule has 0 aliphatic carbocycles. The maximum atomic E-state index is 14.6. The molecule has 0 saturated carbocycles. The van der Waals surface area contributed by atoms with Crippen LogP contribution < -0.4 is 37.2 Å². The van der Waals surface area contributed by atoms with Crippen molar-refractivity contribution in [1.29, 1.82) is 0 Å². The Morgan fingerprint density at radius 2 is 1.14 bits per heavy atom. The summed E-state index contributed by atoms with van der Waals surface area (Å²) in [5.41, 5.74) is -0.449. The fourth-order valence-electron chi connectivity index (χ4n) is 10.1. The molecule has 3 aromatic rings. The number of nitrogens with one attached hydrogen (secondary N) is 7. The van der Waals surface area contributed by atoms with Gasteiger partial charge < -0.3 is 101 Å². The molecule has 0 radical (unpaired) electrons. The van der Waals surface area contributed by atoms with Gasteiger partial charge in [0.25, 0.3) is 0 Å². The van der Waals surface area contributed by atoms with E-state index in [0.29, 0.717) is 16.7 Å². The molecule has 0 spiro atoms. The Kier molecular flexibility index (Phi) is 24.2. The summed E-state index contributed by atoms with van der Waals surface area (Å²) in [5, 5.41) is 93.6. The second-order valence-corrected chi connectivity index (χ2v) is 22.2. The monoisotopic (exact) mass is 1210 g/mol. The summed E-state index contributed by atoms with van der Waals surface area (Å²) >= 11 is 0. The van der Waals surface area contributed by atoms with Crippen molar-refractivity contribution in [3.8, 4) is 0 Å². The molecule has 0 unspecified atom stereocenters. The van der Waals surface area contributed by atoms with Crippen LogP contribution in [0.25, 0.3) is 0 Å². The van der Waals surface area contributed by atoms with Gasteiger partial charge in [-0.3, -0.25) is 33.6 Å². The molecule has 472 valence electrons. The number of aliphatic hydroxyl groups excluding tert-OH is 7. The van der Waals surface area contributed by atoms with E-state index in [1.165, 1.54) is 27.7 Å². The van der Waals surface area contributed by atoms with Gasteiger partial charge in [0, 0.05) is 27.2 Å². The highest BCUT2D eigenvalue weighted by Crippen LogP contribution is 2.37. The first kappa shape index (κ1) is 68.1. The normalized spacial score (nSPS) is 28.3. The third-order valence-electron chi connectivity index (χ3n) is 14.3. The molecule has 0 bridgehead atoms. The summed E-state index contributed by atoms with van der Waals surface area (Å²) in [6.45, 7) is 6.94. The minimum absolute atomic E-state index is 0.414. The average Bonchev–Trinajstić information content (AvgIpc) is 3.53.